The van der Waals surface area contributed by atoms with Gasteiger partial charge in [0.05, 0.1) is 25.3 Å². The third kappa shape index (κ3) is 3.51. The zero-order valence-corrected chi connectivity index (χ0v) is 15.7. The maximum absolute atomic E-state index is 12.5. The van der Waals surface area contributed by atoms with Crippen LogP contribution in [0.1, 0.15) is 31.9 Å². The second-order valence-corrected chi connectivity index (χ2v) is 7.42. The molecule has 3 heterocycles. The predicted molar refractivity (Wildman–Crippen MR) is 94.2 cm³/mol. The fourth-order valence-corrected chi connectivity index (χ4v) is 3.45. The zero-order valence-electron chi connectivity index (χ0n) is 15.7. The summed E-state index contributed by atoms with van der Waals surface area (Å²) in [5.41, 5.74) is 0.951. The van der Waals surface area contributed by atoms with Crippen LogP contribution in [0, 0.1) is 0 Å². The molecule has 2 atom stereocenters. The summed E-state index contributed by atoms with van der Waals surface area (Å²) in [4.78, 5) is 41.4. The Hall–Kier alpha value is -2.58. The number of amides is 4. The second-order valence-electron chi connectivity index (χ2n) is 7.42. The maximum atomic E-state index is 12.5. The molecule has 2 saturated heterocycles. The number of fused-ring (bicyclic) bond motifs is 1. The van der Waals surface area contributed by atoms with Gasteiger partial charge in [-0.15, -0.1) is 0 Å². The number of nitrogens with zero attached hydrogens (tertiary/aromatic N) is 5. The molecule has 0 radical (unpaired) electrons. The van der Waals surface area contributed by atoms with Crippen molar-refractivity contribution < 1.29 is 14.4 Å². The van der Waals surface area contributed by atoms with Gasteiger partial charge in [-0.1, -0.05) is 0 Å². The summed E-state index contributed by atoms with van der Waals surface area (Å²) in [7, 11) is 3.35. The minimum absolute atomic E-state index is 0.0594. The Morgan fingerprint density at radius 1 is 1.42 bits per heavy atom. The van der Waals surface area contributed by atoms with E-state index in [4.69, 9.17) is 0 Å². The lowest BCUT2D eigenvalue weighted by Crippen LogP contribution is -2.55. The number of aromatic nitrogens is 2. The first-order valence-electron chi connectivity index (χ1n) is 8.85. The van der Waals surface area contributed by atoms with Crippen LogP contribution in [-0.4, -0.2) is 81.6 Å². The highest BCUT2D eigenvalue weighted by molar-refractivity contribution is 5.95. The molecule has 3 rings (SSSR count). The third-order valence-corrected chi connectivity index (χ3v) is 4.93. The summed E-state index contributed by atoms with van der Waals surface area (Å²) < 4.78 is 1.85. The van der Waals surface area contributed by atoms with Crippen LogP contribution in [-0.2, 0) is 16.1 Å². The number of hydrogen-bond donors (Lipinski definition) is 1. The third-order valence-electron chi connectivity index (χ3n) is 4.93. The molecule has 0 spiro atoms. The van der Waals surface area contributed by atoms with Gasteiger partial charge >= 0.3 is 6.03 Å². The molecular formula is C17H26N6O3. The van der Waals surface area contributed by atoms with Crippen molar-refractivity contribution in [2.45, 2.75) is 44.9 Å². The highest BCUT2D eigenvalue weighted by atomic mass is 16.2. The minimum atomic E-state index is -0.457. The number of carbonyl (C=O) groups is 3. The molecule has 142 valence electrons. The summed E-state index contributed by atoms with van der Waals surface area (Å²) >= 11 is 0. The van der Waals surface area contributed by atoms with Crippen molar-refractivity contribution >= 4 is 17.8 Å². The molecule has 1 N–H and O–H groups in total. The van der Waals surface area contributed by atoms with E-state index in [1.54, 1.807) is 30.1 Å². The number of carbonyl (C=O) groups excluding carboxylic acids is 3. The van der Waals surface area contributed by atoms with E-state index in [1.165, 1.54) is 4.90 Å². The molecule has 0 unspecified atom stereocenters. The van der Waals surface area contributed by atoms with E-state index in [-0.39, 0.29) is 36.5 Å². The fourth-order valence-electron chi connectivity index (χ4n) is 3.45. The molecule has 2 aliphatic heterocycles. The summed E-state index contributed by atoms with van der Waals surface area (Å²) in [6.07, 6.45) is 4.14. The van der Waals surface area contributed by atoms with Crippen LogP contribution in [0.25, 0.3) is 0 Å². The molecule has 0 aromatic carbocycles. The van der Waals surface area contributed by atoms with Gasteiger partial charge in [0.25, 0.3) is 0 Å². The molecule has 0 bridgehead atoms. The Kier molecular flexibility index (Phi) is 4.88. The second kappa shape index (κ2) is 6.97. The van der Waals surface area contributed by atoms with Crippen molar-refractivity contribution in [2.24, 2.45) is 0 Å². The van der Waals surface area contributed by atoms with Crippen molar-refractivity contribution in [3.63, 3.8) is 0 Å². The molecule has 0 aliphatic carbocycles. The Morgan fingerprint density at radius 2 is 2.15 bits per heavy atom. The zero-order chi connectivity index (χ0) is 19.0. The topological polar surface area (TPSA) is 90.8 Å². The maximum Gasteiger partial charge on any atom is 0.317 e. The summed E-state index contributed by atoms with van der Waals surface area (Å²) in [6, 6.07) is -0.624. The standard InChI is InChI=1S/C17H26N6O3/c1-11(2)23-8-12(6-18-23)7-21(4)17(26)19-13-5-14-16(25)20(3)10-15(24)22(14)9-13/h6,8,11,13-14H,5,7,9-10H2,1-4H3,(H,19,26)/t13-,14-/m0/s1. The molecule has 9 nitrogen and oxygen atoms in total. The lowest BCUT2D eigenvalue weighted by atomic mass is 10.1. The number of hydrogen-bond acceptors (Lipinski definition) is 4. The SMILES string of the molecule is CC(C)n1cc(CN(C)C(=O)N[C@H]2C[C@H]3C(=O)N(C)CC(=O)N3C2)cn1. The Labute approximate surface area is 152 Å². The van der Waals surface area contributed by atoms with Crippen molar-refractivity contribution in [1.29, 1.82) is 0 Å². The van der Waals surface area contributed by atoms with Crippen molar-refractivity contribution in [1.82, 2.24) is 29.8 Å². The molecule has 1 aromatic heterocycles. The first-order valence-corrected chi connectivity index (χ1v) is 8.85. The first-order chi connectivity index (χ1) is 12.3. The summed E-state index contributed by atoms with van der Waals surface area (Å²) in [5, 5.41) is 7.21. The Morgan fingerprint density at radius 3 is 2.81 bits per heavy atom. The molecule has 26 heavy (non-hydrogen) atoms. The monoisotopic (exact) mass is 362 g/mol. The molecule has 4 amide bonds. The van der Waals surface area contributed by atoms with E-state index in [0.29, 0.717) is 19.5 Å². The largest absolute Gasteiger partial charge is 0.335 e. The van der Waals surface area contributed by atoms with E-state index < -0.39 is 6.04 Å². The number of rotatable bonds is 4. The van der Waals surface area contributed by atoms with Gasteiger partial charge < -0.3 is 20.0 Å². The highest BCUT2D eigenvalue weighted by Gasteiger charge is 2.45. The first kappa shape index (κ1) is 18.2. The average Bonchev–Trinajstić information content (AvgIpc) is 3.20. The molecule has 0 saturated carbocycles. The van der Waals surface area contributed by atoms with E-state index in [9.17, 15) is 14.4 Å². The van der Waals surface area contributed by atoms with Crippen LogP contribution >= 0.6 is 0 Å². The summed E-state index contributed by atoms with van der Waals surface area (Å²) in [5.74, 6) is -0.126. The average molecular weight is 362 g/mol. The molecule has 2 aliphatic rings. The van der Waals surface area contributed by atoms with E-state index in [0.717, 1.165) is 5.56 Å². The molecule has 2 fully saturated rings. The van der Waals surface area contributed by atoms with Crippen LogP contribution in [0.2, 0.25) is 0 Å². The number of piperazine rings is 1. The summed E-state index contributed by atoms with van der Waals surface area (Å²) in [6.45, 7) is 5.02. The van der Waals surface area contributed by atoms with Crippen LogP contribution in [0.15, 0.2) is 12.4 Å². The van der Waals surface area contributed by atoms with Gasteiger partial charge in [0.2, 0.25) is 11.8 Å². The van der Waals surface area contributed by atoms with E-state index in [2.05, 4.69) is 10.4 Å². The Bertz CT molecular complexity index is 715. The number of urea groups is 1. The molecular weight excluding hydrogens is 336 g/mol. The van der Waals surface area contributed by atoms with Crippen LogP contribution in [0.5, 0.6) is 0 Å². The number of likely N-dealkylation sites (N-methyl/N-ethyl adjacent to an activating group) is 1. The van der Waals surface area contributed by atoms with Crippen LogP contribution in [0.3, 0.4) is 0 Å². The highest BCUT2D eigenvalue weighted by Crippen LogP contribution is 2.23. The van der Waals surface area contributed by atoms with Crippen molar-refractivity contribution in [3.8, 4) is 0 Å². The smallest absolute Gasteiger partial charge is 0.317 e. The minimum Gasteiger partial charge on any atom is -0.335 e. The van der Waals surface area contributed by atoms with Crippen LogP contribution in [0.4, 0.5) is 4.79 Å². The van der Waals surface area contributed by atoms with Gasteiger partial charge in [-0.25, -0.2) is 4.79 Å². The number of nitrogens with one attached hydrogen (secondary N) is 1. The van der Waals surface area contributed by atoms with Gasteiger partial charge in [0.1, 0.15) is 6.04 Å². The lowest BCUT2D eigenvalue weighted by molar-refractivity contribution is -0.152. The molecule has 1 aromatic rings. The van der Waals surface area contributed by atoms with Crippen molar-refractivity contribution in [2.75, 3.05) is 27.2 Å². The molecule has 9 heteroatoms. The van der Waals surface area contributed by atoms with Gasteiger partial charge in [-0.05, 0) is 20.3 Å². The van der Waals surface area contributed by atoms with Gasteiger partial charge in [-0.3, -0.25) is 14.3 Å². The Balaban J connectivity index is 1.56. The van der Waals surface area contributed by atoms with Gasteiger partial charge in [-0.2, -0.15) is 5.10 Å². The normalized spacial score (nSPS) is 22.8. The van der Waals surface area contributed by atoms with Gasteiger partial charge in [0.15, 0.2) is 0 Å². The predicted octanol–water partition coefficient (Wildman–Crippen LogP) is 0.0469. The fraction of sp³-hybridized carbons (Fsp3) is 0.647. The van der Waals surface area contributed by atoms with Crippen LogP contribution < -0.4 is 5.32 Å². The quantitative estimate of drug-likeness (QED) is 0.819. The van der Waals surface area contributed by atoms with Gasteiger partial charge in [0, 0.05) is 38.4 Å². The lowest BCUT2D eigenvalue weighted by Gasteiger charge is -2.33. The van der Waals surface area contributed by atoms with Crippen molar-refractivity contribution in [3.05, 3.63) is 18.0 Å². The van der Waals surface area contributed by atoms with E-state index >= 15 is 0 Å². The van der Waals surface area contributed by atoms with E-state index in [1.807, 2.05) is 24.7 Å².